The average Bonchev–Trinajstić information content (AvgIpc) is 3.15. The van der Waals surface area contributed by atoms with Gasteiger partial charge in [0.15, 0.2) is 0 Å². The largest absolute Gasteiger partial charge is 0.480 e. The fourth-order valence-electron chi connectivity index (χ4n) is 4.86. The van der Waals surface area contributed by atoms with E-state index in [0.29, 0.717) is 6.42 Å². The molecule has 8 amide bonds. The van der Waals surface area contributed by atoms with Crippen molar-refractivity contribution < 1.29 is 73.8 Å². The van der Waals surface area contributed by atoms with E-state index in [2.05, 4.69) is 26.6 Å². The van der Waals surface area contributed by atoms with Crippen LogP contribution in [0.2, 0.25) is 0 Å². The average molecular weight is 836 g/mol. The second kappa shape index (κ2) is 26.1. The third kappa shape index (κ3) is 17.6. The number of aliphatic hydroxyl groups excluding tert-OH is 5. The number of amides is 8. The second-order valence-corrected chi connectivity index (χ2v) is 14.1. The molecule has 11 atom stereocenters. The summed E-state index contributed by atoms with van der Waals surface area (Å²) in [5.41, 5.74) is 5.44. The van der Waals surface area contributed by atoms with Crippen molar-refractivity contribution in [1.82, 2.24) is 42.5 Å². The molecular weight excluding hydrogens is 774 g/mol. The number of hydrogen-bond donors (Lipinski definition) is 15. The monoisotopic (exact) mass is 835 g/mol. The van der Waals surface area contributed by atoms with Crippen molar-refractivity contribution in [2.75, 3.05) is 26.4 Å². The molecule has 0 aliphatic heterocycles. The zero-order valence-corrected chi connectivity index (χ0v) is 33.6. The summed E-state index contributed by atoms with van der Waals surface area (Å²) in [6, 6.07) is -13.8. The maximum atomic E-state index is 13.3. The predicted octanol–water partition coefficient (Wildman–Crippen LogP) is -7.24. The van der Waals surface area contributed by atoms with Crippen LogP contribution in [0.3, 0.4) is 0 Å². The number of hydrogen-bond acceptors (Lipinski definition) is 15. The third-order valence-electron chi connectivity index (χ3n) is 8.61. The minimum atomic E-state index is -1.88. The number of nitrogens with two attached hydrogens (primary N) is 1. The summed E-state index contributed by atoms with van der Waals surface area (Å²) in [6.45, 7) is 6.23. The first-order chi connectivity index (χ1) is 27.0. The number of nitrogens with one attached hydrogen (secondary N) is 8. The van der Waals surface area contributed by atoms with E-state index >= 15 is 0 Å². The van der Waals surface area contributed by atoms with E-state index in [1.165, 1.54) is 13.8 Å². The van der Waals surface area contributed by atoms with E-state index in [1.807, 2.05) is 16.0 Å². The fourth-order valence-corrected chi connectivity index (χ4v) is 4.86. The standard InChI is InChI=1S/C34H61N9O15/c1-8-15(4)24(34(57)58)42-28(51)19(9-14(2)3)37-33(56)25(18(7)48)43-32(55)23(13-47)41-31(54)22(12-46)40-30(53)21(11-45)39-29(52)20(10-44)38-27(50)17(6)36-26(49)16(5)35/h14-25,44-48H,8-13,35H2,1-7H3,(H,36,49)(H,37,56)(H,38,50)(H,39,52)(H,40,53)(H,41,54)(H,42,51)(H,43,55)(H,57,58)/t15-,16-,17-,18+,19-,20-,21-,22-,23-,24-,25-/m0/s1. The molecule has 58 heavy (non-hydrogen) atoms. The highest BCUT2D eigenvalue weighted by Gasteiger charge is 2.36. The van der Waals surface area contributed by atoms with Gasteiger partial charge < -0.3 is 78.9 Å². The molecule has 0 aliphatic rings. The minimum absolute atomic E-state index is 0.0309. The van der Waals surface area contributed by atoms with E-state index in [0.717, 1.165) is 6.92 Å². The Balaban J connectivity index is 5.76. The van der Waals surface area contributed by atoms with Gasteiger partial charge in [-0.05, 0) is 39.0 Å². The lowest BCUT2D eigenvalue weighted by Gasteiger charge is -2.28. The molecule has 0 unspecified atom stereocenters. The minimum Gasteiger partial charge on any atom is -0.480 e. The van der Waals surface area contributed by atoms with Crippen LogP contribution in [0.15, 0.2) is 0 Å². The van der Waals surface area contributed by atoms with Crippen LogP contribution in [0, 0.1) is 11.8 Å². The molecule has 16 N–H and O–H groups in total. The summed E-state index contributed by atoms with van der Waals surface area (Å²) < 4.78 is 0. The molecule has 24 nitrogen and oxygen atoms in total. The molecule has 0 saturated carbocycles. The van der Waals surface area contributed by atoms with Gasteiger partial charge in [-0.3, -0.25) is 38.4 Å². The number of aliphatic carboxylic acids is 1. The van der Waals surface area contributed by atoms with Crippen LogP contribution in [0.25, 0.3) is 0 Å². The molecule has 0 bridgehead atoms. The summed E-state index contributed by atoms with van der Waals surface area (Å²) >= 11 is 0. The number of carboxylic acid groups (broad SMARTS) is 1. The molecule has 0 spiro atoms. The summed E-state index contributed by atoms with van der Waals surface area (Å²) in [5.74, 6) is -10.4. The van der Waals surface area contributed by atoms with Gasteiger partial charge in [0, 0.05) is 0 Å². The van der Waals surface area contributed by atoms with Crippen molar-refractivity contribution in [2.24, 2.45) is 17.6 Å². The van der Waals surface area contributed by atoms with Crippen molar-refractivity contribution in [3.8, 4) is 0 Å². The van der Waals surface area contributed by atoms with Crippen LogP contribution in [-0.4, -0.2) is 171 Å². The van der Waals surface area contributed by atoms with Gasteiger partial charge >= 0.3 is 5.97 Å². The van der Waals surface area contributed by atoms with Crippen LogP contribution in [0.4, 0.5) is 0 Å². The van der Waals surface area contributed by atoms with Crippen LogP contribution in [-0.2, 0) is 43.2 Å². The zero-order valence-electron chi connectivity index (χ0n) is 33.6. The molecule has 24 heteroatoms. The molecule has 0 aromatic heterocycles. The zero-order chi connectivity index (χ0) is 45.0. The fraction of sp³-hybridized carbons (Fsp3) is 0.735. The molecule has 0 heterocycles. The number of carbonyl (C=O) groups is 9. The summed E-state index contributed by atoms with van der Waals surface area (Å²) in [4.78, 5) is 114. The first-order valence-electron chi connectivity index (χ1n) is 18.5. The van der Waals surface area contributed by atoms with Gasteiger partial charge in [-0.1, -0.05) is 34.1 Å². The molecule has 0 rings (SSSR count). The van der Waals surface area contributed by atoms with Crippen LogP contribution < -0.4 is 48.3 Å². The third-order valence-corrected chi connectivity index (χ3v) is 8.61. The highest BCUT2D eigenvalue weighted by atomic mass is 16.4. The van der Waals surface area contributed by atoms with Gasteiger partial charge in [-0.15, -0.1) is 0 Å². The Bertz CT molecular complexity index is 1430. The van der Waals surface area contributed by atoms with Gasteiger partial charge in [0.25, 0.3) is 0 Å². The first-order valence-corrected chi connectivity index (χ1v) is 18.5. The topological polar surface area (TPSA) is 397 Å². The van der Waals surface area contributed by atoms with E-state index in [-0.39, 0.29) is 12.3 Å². The summed E-state index contributed by atoms with van der Waals surface area (Å²) in [7, 11) is 0. The van der Waals surface area contributed by atoms with Crippen LogP contribution in [0.5, 0.6) is 0 Å². The van der Waals surface area contributed by atoms with Crippen LogP contribution in [0.1, 0.15) is 61.3 Å². The quantitative estimate of drug-likeness (QED) is 0.0385. The molecule has 0 saturated heterocycles. The lowest BCUT2D eigenvalue weighted by atomic mass is 9.97. The van der Waals surface area contributed by atoms with Gasteiger partial charge in [-0.25, -0.2) is 4.79 Å². The smallest absolute Gasteiger partial charge is 0.326 e. The maximum Gasteiger partial charge on any atom is 0.326 e. The second-order valence-electron chi connectivity index (χ2n) is 14.1. The van der Waals surface area contributed by atoms with Crippen molar-refractivity contribution >= 4 is 53.2 Å². The molecule has 0 aromatic rings. The molecular formula is C34H61N9O15. The SMILES string of the molecule is CC[C@H](C)[C@H](NC(=O)[C@H](CC(C)C)NC(=O)[C@@H](NC(=O)[C@H](CO)NC(=O)[C@H](CO)NC(=O)[C@H](CO)NC(=O)[C@H](CO)NC(=O)[C@H](C)NC(=O)[C@H](C)N)[C@@H](C)O)C(=O)O. The number of carbonyl (C=O) groups excluding carboxylic acids is 8. The Morgan fingerprint density at radius 1 is 0.483 bits per heavy atom. The normalized spacial score (nSPS) is 16.9. The van der Waals surface area contributed by atoms with E-state index < -0.39 is 146 Å². The molecule has 0 aromatic carbocycles. The maximum absolute atomic E-state index is 13.3. The lowest BCUT2D eigenvalue weighted by molar-refractivity contribution is -0.144. The summed E-state index contributed by atoms with van der Waals surface area (Å²) in [5, 5.41) is 76.6. The van der Waals surface area contributed by atoms with Gasteiger partial charge in [0.05, 0.1) is 38.6 Å². The molecule has 0 radical (unpaired) electrons. The Hall–Kier alpha value is -5.01. The number of rotatable bonds is 26. The lowest BCUT2D eigenvalue weighted by Crippen LogP contribution is -2.63. The van der Waals surface area contributed by atoms with Gasteiger partial charge in [0.2, 0.25) is 47.3 Å². The summed E-state index contributed by atoms with van der Waals surface area (Å²) in [6.07, 6.45) is -1.17. The highest BCUT2D eigenvalue weighted by molar-refractivity contribution is 5.98. The highest BCUT2D eigenvalue weighted by Crippen LogP contribution is 2.11. The van der Waals surface area contributed by atoms with Gasteiger partial charge in [-0.2, -0.15) is 0 Å². The van der Waals surface area contributed by atoms with E-state index in [4.69, 9.17) is 5.73 Å². The first kappa shape index (κ1) is 53.0. The Morgan fingerprint density at radius 3 is 1.16 bits per heavy atom. The van der Waals surface area contributed by atoms with Crippen molar-refractivity contribution in [3.05, 3.63) is 0 Å². The van der Waals surface area contributed by atoms with E-state index in [9.17, 15) is 73.8 Å². The van der Waals surface area contributed by atoms with E-state index in [1.54, 1.807) is 27.7 Å². The predicted molar refractivity (Wildman–Crippen MR) is 201 cm³/mol. The van der Waals surface area contributed by atoms with Crippen molar-refractivity contribution in [3.63, 3.8) is 0 Å². The van der Waals surface area contributed by atoms with Crippen molar-refractivity contribution in [2.45, 2.75) is 122 Å². The van der Waals surface area contributed by atoms with Crippen LogP contribution >= 0.6 is 0 Å². The molecule has 0 aliphatic carbocycles. The molecule has 0 fully saturated rings. The Morgan fingerprint density at radius 2 is 0.828 bits per heavy atom. The Labute approximate surface area is 335 Å². The number of aliphatic hydroxyl groups is 5. The molecule has 332 valence electrons. The van der Waals surface area contributed by atoms with Gasteiger partial charge in [0.1, 0.15) is 48.3 Å². The number of carboxylic acids is 1. The van der Waals surface area contributed by atoms with Crippen molar-refractivity contribution in [1.29, 1.82) is 0 Å². The Kier molecular flexibility index (Phi) is 23.8.